The number of sulfonamides is 1. The first-order valence-corrected chi connectivity index (χ1v) is 8.42. The lowest BCUT2D eigenvalue weighted by Crippen LogP contribution is -2.51. The first-order valence-electron chi connectivity index (χ1n) is 6.94. The summed E-state index contributed by atoms with van der Waals surface area (Å²) in [6, 6.07) is 4.82. The van der Waals surface area contributed by atoms with Crippen molar-refractivity contribution in [3.63, 3.8) is 0 Å². The molecule has 0 fully saturated rings. The highest BCUT2D eigenvalue weighted by atomic mass is 35.5. The number of nitrogens with one attached hydrogen (secondary N) is 2. The monoisotopic (exact) mass is 363 g/mol. The smallest absolute Gasteiger partial charge is 0.241 e. The van der Waals surface area contributed by atoms with E-state index in [2.05, 4.69) is 10.0 Å². The van der Waals surface area contributed by atoms with Crippen molar-refractivity contribution in [2.24, 2.45) is 5.73 Å². The molecule has 1 aromatic carbocycles. The van der Waals surface area contributed by atoms with Gasteiger partial charge in [-0.25, -0.2) is 13.1 Å². The molecule has 0 aliphatic carbocycles. The summed E-state index contributed by atoms with van der Waals surface area (Å²) in [5.41, 5.74) is 6.78. The van der Waals surface area contributed by atoms with Gasteiger partial charge >= 0.3 is 0 Å². The summed E-state index contributed by atoms with van der Waals surface area (Å²) in [7, 11) is -3.74. The van der Waals surface area contributed by atoms with Crippen LogP contribution in [-0.2, 0) is 32.8 Å². The average Bonchev–Trinajstić information content (AvgIpc) is 2.92. The fourth-order valence-electron chi connectivity index (χ4n) is 2.03. The number of hydrogen-bond acceptors (Lipinski definition) is 5. The highest BCUT2D eigenvalue weighted by Crippen LogP contribution is 2.22. The Kier molecular flexibility index (Phi) is 6.55. The quantitative estimate of drug-likeness (QED) is 0.672. The minimum Gasteiger partial charge on any atom is -0.372 e. The van der Waals surface area contributed by atoms with Crippen LogP contribution in [0.3, 0.4) is 0 Å². The molecule has 1 aliphatic heterocycles. The van der Waals surface area contributed by atoms with Crippen molar-refractivity contribution >= 4 is 28.3 Å². The Hall–Kier alpha value is -1.19. The minimum atomic E-state index is -3.74. The molecule has 1 amide bonds. The standard InChI is InChI=1S/C14H21N3O4S.ClH/c1-14(2,9-15)17-13(18)6-16-22(19,20)12-4-3-10-7-21-8-11(10)5-12;/h3-5,16H,6-9,15H2,1-2H3,(H,17,18);1H. The number of ether oxygens (including phenoxy) is 1. The Morgan fingerprint density at radius 3 is 2.61 bits per heavy atom. The molecule has 0 radical (unpaired) electrons. The molecule has 2 rings (SSSR count). The van der Waals surface area contributed by atoms with E-state index < -0.39 is 21.5 Å². The Labute approximate surface area is 142 Å². The van der Waals surface area contributed by atoms with Crippen LogP contribution in [0.25, 0.3) is 0 Å². The summed E-state index contributed by atoms with van der Waals surface area (Å²) >= 11 is 0. The van der Waals surface area contributed by atoms with Crippen LogP contribution in [0.2, 0.25) is 0 Å². The molecule has 0 unspecified atom stereocenters. The summed E-state index contributed by atoms with van der Waals surface area (Å²) < 4.78 is 32.0. The maximum Gasteiger partial charge on any atom is 0.241 e. The fraction of sp³-hybridized carbons (Fsp3) is 0.500. The summed E-state index contributed by atoms with van der Waals surface area (Å²) in [5, 5.41) is 2.66. The first-order chi connectivity index (χ1) is 10.2. The molecule has 0 bridgehead atoms. The topological polar surface area (TPSA) is 111 Å². The molecule has 1 heterocycles. The Morgan fingerprint density at radius 2 is 1.96 bits per heavy atom. The fourth-order valence-corrected chi connectivity index (χ4v) is 3.06. The minimum absolute atomic E-state index is 0. The second-order valence-electron chi connectivity index (χ2n) is 5.88. The molecule has 0 aromatic heterocycles. The van der Waals surface area contributed by atoms with Gasteiger partial charge < -0.3 is 15.8 Å². The van der Waals surface area contributed by atoms with E-state index in [-0.39, 0.29) is 30.4 Å². The number of hydrogen-bond donors (Lipinski definition) is 3. The molecule has 7 nitrogen and oxygen atoms in total. The molecular formula is C14H22ClN3O4S. The second-order valence-corrected chi connectivity index (χ2v) is 7.65. The van der Waals surface area contributed by atoms with Gasteiger partial charge in [-0.2, -0.15) is 0 Å². The van der Waals surface area contributed by atoms with Gasteiger partial charge in [-0.15, -0.1) is 12.4 Å². The van der Waals surface area contributed by atoms with Crippen molar-refractivity contribution in [2.75, 3.05) is 13.1 Å². The van der Waals surface area contributed by atoms with Gasteiger partial charge in [0.15, 0.2) is 0 Å². The third kappa shape index (κ3) is 5.15. The number of carbonyl (C=O) groups is 1. The van der Waals surface area contributed by atoms with E-state index >= 15 is 0 Å². The van der Waals surface area contributed by atoms with Gasteiger partial charge in [0.1, 0.15) is 0 Å². The number of nitrogens with two attached hydrogens (primary N) is 1. The van der Waals surface area contributed by atoms with Gasteiger partial charge in [-0.05, 0) is 37.1 Å². The lowest BCUT2D eigenvalue weighted by molar-refractivity contribution is -0.121. The summed E-state index contributed by atoms with van der Waals surface area (Å²) in [6.45, 7) is 4.36. The number of carbonyl (C=O) groups excluding carboxylic acids is 1. The average molecular weight is 364 g/mol. The zero-order valence-corrected chi connectivity index (χ0v) is 14.7. The van der Waals surface area contributed by atoms with Gasteiger partial charge in [0.05, 0.1) is 24.7 Å². The molecule has 0 saturated carbocycles. The summed E-state index contributed by atoms with van der Waals surface area (Å²) in [5.74, 6) is -0.427. The van der Waals surface area contributed by atoms with Crippen LogP contribution in [-0.4, -0.2) is 33.0 Å². The van der Waals surface area contributed by atoms with Crippen LogP contribution in [0.1, 0.15) is 25.0 Å². The Bertz CT molecular complexity index is 677. The van der Waals surface area contributed by atoms with E-state index in [0.29, 0.717) is 13.2 Å². The molecule has 0 atom stereocenters. The van der Waals surface area contributed by atoms with Crippen molar-refractivity contribution in [3.8, 4) is 0 Å². The van der Waals surface area contributed by atoms with Crippen molar-refractivity contribution < 1.29 is 17.9 Å². The van der Waals surface area contributed by atoms with Gasteiger partial charge in [0.25, 0.3) is 0 Å². The van der Waals surface area contributed by atoms with Crippen LogP contribution in [0, 0.1) is 0 Å². The maximum absolute atomic E-state index is 12.2. The zero-order valence-electron chi connectivity index (χ0n) is 13.1. The van der Waals surface area contributed by atoms with Crippen LogP contribution >= 0.6 is 12.4 Å². The van der Waals surface area contributed by atoms with Gasteiger partial charge in [0.2, 0.25) is 15.9 Å². The zero-order chi connectivity index (χ0) is 16.4. The van der Waals surface area contributed by atoms with Gasteiger partial charge in [0, 0.05) is 12.1 Å². The predicted molar refractivity (Wildman–Crippen MR) is 88.6 cm³/mol. The van der Waals surface area contributed by atoms with Gasteiger partial charge in [-0.3, -0.25) is 4.79 Å². The van der Waals surface area contributed by atoms with Crippen LogP contribution in [0.5, 0.6) is 0 Å². The SMILES string of the molecule is CC(C)(CN)NC(=O)CNS(=O)(=O)c1ccc2c(c1)COC2.Cl. The maximum atomic E-state index is 12.2. The predicted octanol–water partition coefficient (Wildman–Crippen LogP) is 0.270. The molecule has 4 N–H and O–H groups in total. The third-order valence-corrected chi connectivity index (χ3v) is 4.81. The van der Waals surface area contributed by atoms with Crippen LogP contribution < -0.4 is 15.8 Å². The molecule has 1 aliphatic rings. The summed E-state index contributed by atoms with van der Waals surface area (Å²) in [6.07, 6.45) is 0. The number of fused-ring (bicyclic) bond motifs is 1. The lowest BCUT2D eigenvalue weighted by atomic mass is 10.1. The van der Waals surface area contributed by atoms with E-state index in [1.165, 1.54) is 6.07 Å². The van der Waals surface area contributed by atoms with Crippen LogP contribution in [0.15, 0.2) is 23.1 Å². The van der Waals surface area contributed by atoms with E-state index in [1.807, 2.05) is 0 Å². The number of halogens is 1. The highest BCUT2D eigenvalue weighted by molar-refractivity contribution is 7.89. The second kappa shape index (κ2) is 7.59. The van der Waals surface area contributed by atoms with Crippen LogP contribution in [0.4, 0.5) is 0 Å². The van der Waals surface area contributed by atoms with E-state index in [4.69, 9.17) is 10.5 Å². The number of rotatable bonds is 6. The van der Waals surface area contributed by atoms with Crippen molar-refractivity contribution in [1.29, 1.82) is 0 Å². The van der Waals surface area contributed by atoms with Crippen molar-refractivity contribution in [3.05, 3.63) is 29.3 Å². The lowest BCUT2D eigenvalue weighted by Gasteiger charge is -2.24. The van der Waals surface area contributed by atoms with E-state index in [0.717, 1.165) is 11.1 Å². The Balaban J connectivity index is 0.00000264. The molecule has 0 spiro atoms. The summed E-state index contributed by atoms with van der Waals surface area (Å²) in [4.78, 5) is 11.9. The Morgan fingerprint density at radius 1 is 1.30 bits per heavy atom. The molecule has 130 valence electrons. The van der Waals surface area contributed by atoms with E-state index in [9.17, 15) is 13.2 Å². The third-order valence-electron chi connectivity index (χ3n) is 3.41. The first kappa shape index (κ1) is 19.9. The normalized spacial score (nSPS) is 14.0. The highest BCUT2D eigenvalue weighted by Gasteiger charge is 2.22. The van der Waals surface area contributed by atoms with Crippen molar-refractivity contribution in [2.45, 2.75) is 37.5 Å². The number of benzene rings is 1. The van der Waals surface area contributed by atoms with Gasteiger partial charge in [-0.1, -0.05) is 6.07 Å². The molecule has 0 saturated heterocycles. The number of amides is 1. The van der Waals surface area contributed by atoms with E-state index in [1.54, 1.807) is 26.0 Å². The molecule has 9 heteroatoms. The molecule has 23 heavy (non-hydrogen) atoms. The molecular weight excluding hydrogens is 342 g/mol. The van der Waals surface area contributed by atoms with Crippen molar-refractivity contribution in [1.82, 2.24) is 10.0 Å². The largest absolute Gasteiger partial charge is 0.372 e. The molecule has 1 aromatic rings.